The monoisotopic (exact) mass is 319 g/mol. The molecule has 0 amide bonds. The highest BCUT2D eigenvalue weighted by molar-refractivity contribution is 5.98. The summed E-state index contributed by atoms with van der Waals surface area (Å²) in [4.78, 5) is 26.0. The molecule has 124 valence electrons. The molecule has 0 radical (unpaired) electrons. The number of hydrogen-bond acceptors (Lipinski definition) is 5. The molecule has 0 spiro atoms. The van der Waals surface area contributed by atoms with Crippen LogP contribution in [0.3, 0.4) is 0 Å². The van der Waals surface area contributed by atoms with Gasteiger partial charge in [0.05, 0.1) is 12.8 Å². The molecule has 7 nitrogen and oxygen atoms in total. The lowest BCUT2D eigenvalue weighted by Crippen LogP contribution is -2.49. The fourth-order valence-electron chi connectivity index (χ4n) is 2.59. The Labute approximate surface area is 135 Å². The number of ketones is 1. The van der Waals surface area contributed by atoms with Gasteiger partial charge in [0, 0.05) is 22.8 Å². The highest BCUT2D eigenvalue weighted by Gasteiger charge is 2.49. The summed E-state index contributed by atoms with van der Waals surface area (Å²) in [5.74, 6) is -0.801. The van der Waals surface area contributed by atoms with E-state index in [9.17, 15) is 14.7 Å². The van der Waals surface area contributed by atoms with Crippen molar-refractivity contribution in [3.8, 4) is 0 Å². The normalized spacial score (nSPS) is 24.6. The van der Waals surface area contributed by atoms with Gasteiger partial charge in [-0.05, 0) is 36.6 Å². The van der Waals surface area contributed by atoms with Gasteiger partial charge < -0.3 is 9.84 Å². The van der Waals surface area contributed by atoms with Crippen molar-refractivity contribution in [2.24, 2.45) is 10.5 Å². The number of esters is 1. The number of carbonyl (C=O) groups excluding carboxylic acids is 2. The third-order valence-electron chi connectivity index (χ3n) is 4.10. The molecule has 0 saturated heterocycles. The molecular formula is C16H21N3O4. The van der Waals surface area contributed by atoms with E-state index in [0.29, 0.717) is 11.1 Å². The summed E-state index contributed by atoms with van der Waals surface area (Å²) < 4.78 is 4.54. The summed E-state index contributed by atoms with van der Waals surface area (Å²) in [5.41, 5.74) is 7.16. The van der Waals surface area contributed by atoms with Gasteiger partial charge in [-0.15, -0.1) is 0 Å². The Hall–Kier alpha value is -2.37. The van der Waals surface area contributed by atoms with Crippen LogP contribution in [0.1, 0.15) is 34.1 Å². The van der Waals surface area contributed by atoms with Crippen LogP contribution in [0.15, 0.2) is 40.2 Å². The van der Waals surface area contributed by atoms with Crippen molar-refractivity contribution in [2.45, 2.75) is 39.7 Å². The average molecular weight is 319 g/mol. The first kappa shape index (κ1) is 18.7. The standard InChI is InChI=1S/C16H21N3O4/c1-10(8-13(21)23-5)6-7-16(22)11(2)14(18-19-17)12(20)9-15(16,3)4/h6-8,22H,9H2,1-5H3/b7-6+,10-8-/t16-/m1/s1. The molecule has 0 heterocycles. The van der Waals surface area contributed by atoms with Crippen LogP contribution >= 0.6 is 0 Å². The lowest BCUT2D eigenvalue weighted by atomic mass is 9.63. The Morgan fingerprint density at radius 1 is 1.48 bits per heavy atom. The number of allylic oxidation sites excluding steroid dienone is 3. The van der Waals surface area contributed by atoms with Gasteiger partial charge in [-0.2, -0.15) is 0 Å². The minimum absolute atomic E-state index is 0.0410. The molecule has 0 unspecified atom stereocenters. The van der Waals surface area contributed by atoms with Crippen molar-refractivity contribution >= 4 is 11.8 Å². The van der Waals surface area contributed by atoms with Gasteiger partial charge in [-0.1, -0.05) is 25.0 Å². The van der Waals surface area contributed by atoms with Crippen LogP contribution in [-0.2, 0) is 14.3 Å². The molecule has 0 aliphatic heterocycles. The number of carbonyl (C=O) groups is 2. The molecule has 0 aromatic heterocycles. The second-order valence-electron chi connectivity index (χ2n) is 6.16. The van der Waals surface area contributed by atoms with E-state index in [1.165, 1.54) is 19.3 Å². The minimum atomic E-state index is -1.48. The third-order valence-corrected chi connectivity index (χ3v) is 4.10. The zero-order valence-electron chi connectivity index (χ0n) is 14.0. The van der Waals surface area contributed by atoms with Gasteiger partial charge >= 0.3 is 5.97 Å². The van der Waals surface area contributed by atoms with Gasteiger partial charge in [0.2, 0.25) is 0 Å². The van der Waals surface area contributed by atoms with Gasteiger partial charge in [-0.3, -0.25) is 4.79 Å². The Balaban J connectivity index is 3.38. The highest BCUT2D eigenvalue weighted by atomic mass is 16.5. The number of methoxy groups -OCH3 is 1. The van der Waals surface area contributed by atoms with E-state index in [1.54, 1.807) is 33.8 Å². The first-order valence-corrected chi connectivity index (χ1v) is 7.06. The van der Waals surface area contributed by atoms with Crippen LogP contribution in [0.2, 0.25) is 0 Å². The molecule has 1 N–H and O–H groups in total. The van der Waals surface area contributed by atoms with Crippen LogP contribution in [0.4, 0.5) is 0 Å². The first-order chi connectivity index (χ1) is 10.6. The maximum atomic E-state index is 12.1. The molecule has 0 bridgehead atoms. The lowest BCUT2D eigenvalue weighted by molar-refractivity contribution is -0.134. The topological polar surface area (TPSA) is 112 Å². The smallest absolute Gasteiger partial charge is 0.330 e. The fraction of sp³-hybridized carbons (Fsp3) is 0.500. The van der Waals surface area contributed by atoms with Gasteiger partial charge in [-0.25, -0.2) is 4.79 Å². The summed E-state index contributed by atoms with van der Waals surface area (Å²) in [5, 5.41) is 14.5. The zero-order chi connectivity index (χ0) is 17.8. The van der Waals surface area contributed by atoms with Crippen LogP contribution in [0.25, 0.3) is 10.4 Å². The van der Waals surface area contributed by atoms with E-state index in [-0.39, 0.29) is 17.9 Å². The zero-order valence-corrected chi connectivity index (χ0v) is 14.0. The molecule has 23 heavy (non-hydrogen) atoms. The molecule has 0 saturated carbocycles. The summed E-state index contributed by atoms with van der Waals surface area (Å²) in [7, 11) is 1.28. The van der Waals surface area contributed by atoms with Crippen molar-refractivity contribution in [1.82, 2.24) is 0 Å². The Morgan fingerprint density at radius 2 is 2.09 bits per heavy atom. The molecule has 1 rings (SSSR count). The average Bonchev–Trinajstić information content (AvgIpc) is 2.47. The van der Waals surface area contributed by atoms with Crippen LogP contribution in [0, 0.1) is 5.41 Å². The molecule has 1 atom stereocenters. The van der Waals surface area contributed by atoms with Crippen LogP contribution in [0.5, 0.6) is 0 Å². The van der Waals surface area contributed by atoms with Crippen LogP contribution in [-0.4, -0.2) is 29.6 Å². The first-order valence-electron chi connectivity index (χ1n) is 7.06. The lowest BCUT2D eigenvalue weighted by Gasteiger charge is -2.45. The predicted molar refractivity (Wildman–Crippen MR) is 85.1 cm³/mol. The molecule has 1 aliphatic rings. The second-order valence-corrected chi connectivity index (χ2v) is 6.16. The SMILES string of the molecule is COC(=O)/C=C(C)\C=C\[C@@]1(O)C(C)=C(N=[N+]=[N-])C(=O)CC1(C)C. The van der Waals surface area contributed by atoms with Crippen molar-refractivity contribution in [1.29, 1.82) is 0 Å². The van der Waals surface area contributed by atoms with Gasteiger partial charge in [0.1, 0.15) is 5.60 Å². The van der Waals surface area contributed by atoms with Gasteiger partial charge in [0.25, 0.3) is 0 Å². The number of aliphatic hydroxyl groups is 1. The highest BCUT2D eigenvalue weighted by Crippen LogP contribution is 2.46. The predicted octanol–water partition coefficient (Wildman–Crippen LogP) is 2.98. The number of hydrogen-bond donors (Lipinski definition) is 1. The van der Waals surface area contributed by atoms with Crippen molar-refractivity contribution < 1.29 is 19.4 Å². The summed E-state index contributed by atoms with van der Waals surface area (Å²) >= 11 is 0. The molecule has 0 aromatic carbocycles. The van der Waals surface area contributed by atoms with E-state index >= 15 is 0 Å². The minimum Gasteiger partial charge on any atom is -0.466 e. The van der Waals surface area contributed by atoms with E-state index < -0.39 is 17.0 Å². The second kappa shape index (κ2) is 6.81. The quantitative estimate of drug-likeness (QED) is 0.214. The molecule has 0 aromatic rings. The molecule has 0 fully saturated rings. The van der Waals surface area contributed by atoms with Crippen molar-refractivity contribution in [3.05, 3.63) is 45.5 Å². The largest absolute Gasteiger partial charge is 0.466 e. The van der Waals surface area contributed by atoms with E-state index in [2.05, 4.69) is 14.8 Å². The maximum absolute atomic E-state index is 12.1. The maximum Gasteiger partial charge on any atom is 0.330 e. The van der Waals surface area contributed by atoms with Gasteiger partial charge in [0.15, 0.2) is 5.78 Å². The van der Waals surface area contributed by atoms with Crippen molar-refractivity contribution in [3.63, 3.8) is 0 Å². The Kier molecular flexibility index (Phi) is 5.53. The number of ether oxygens (including phenoxy) is 1. The third kappa shape index (κ3) is 3.70. The Bertz CT molecular complexity index is 667. The van der Waals surface area contributed by atoms with E-state index in [1.807, 2.05) is 0 Å². The fourth-order valence-corrected chi connectivity index (χ4v) is 2.59. The summed E-state index contributed by atoms with van der Waals surface area (Å²) in [6, 6.07) is 0. The number of rotatable bonds is 4. The molecular weight excluding hydrogens is 298 g/mol. The summed E-state index contributed by atoms with van der Waals surface area (Å²) in [6.45, 7) is 6.76. The molecule has 1 aliphatic carbocycles. The van der Waals surface area contributed by atoms with Crippen LogP contribution < -0.4 is 0 Å². The number of azide groups is 1. The number of Topliss-reactive ketones (excluding diaryl/α,β-unsaturated/α-hetero) is 1. The number of nitrogens with zero attached hydrogens (tertiary/aromatic N) is 3. The summed E-state index contributed by atoms with van der Waals surface area (Å²) in [6.07, 6.45) is 4.41. The molecule has 7 heteroatoms. The van der Waals surface area contributed by atoms with Crippen molar-refractivity contribution in [2.75, 3.05) is 7.11 Å². The van der Waals surface area contributed by atoms with E-state index in [0.717, 1.165) is 0 Å². The van der Waals surface area contributed by atoms with E-state index in [4.69, 9.17) is 5.53 Å². The Morgan fingerprint density at radius 3 is 2.61 bits per heavy atom.